The Morgan fingerprint density at radius 3 is 2.68 bits per heavy atom. The van der Waals surface area contributed by atoms with Crippen molar-refractivity contribution in [1.29, 1.82) is 0 Å². The molecule has 1 N–H and O–H groups in total. The summed E-state index contributed by atoms with van der Waals surface area (Å²) in [5, 5.41) is 3.49. The van der Waals surface area contributed by atoms with Gasteiger partial charge in [-0.25, -0.2) is 0 Å². The average Bonchev–Trinajstić information content (AvgIpc) is 2.57. The van der Waals surface area contributed by atoms with Gasteiger partial charge < -0.3 is 5.32 Å². The van der Waals surface area contributed by atoms with Crippen LogP contribution in [-0.2, 0) is 0 Å². The second-order valence-electron chi connectivity index (χ2n) is 5.31. The van der Waals surface area contributed by atoms with Crippen molar-refractivity contribution in [2.45, 2.75) is 6.04 Å². The molecule has 1 aromatic carbocycles. The van der Waals surface area contributed by atoms with Crippen LogP contribution >= 0.6 is 12.4 Å². The molecule has 0 spiro atoms. The van der Waals surface area contributed by atoms with Gasteiger partial charge in [0, 0.05) is 44.6 Å². The van der Waals surface area contributed by atoms with Gasteiger partial charge in [-0.1, -0.05) is 42.5 Å². The minimum absolute atomic E-state index is 0. The third-order valence-corrected chi connectivity index (χ3v) is 3.89. The van der Waals surface area contributed by atoms with Crippen LogP contribution in [0.3, 0.4) is 0 Å². The van der Waals surface area contributed by atoms with E-state index in [-0.39, 0.29) is 12.4 Å². The van der Waals surface area contributed by atoms with Gasteiger partial charge in [0.2, 0.25) is 0 Å². The van der Waals surface area contributed by atoms with E-state index in [0.717, 1.165) is 26.2 Å². The van der Waals surface area contributed by atoms with E-state index in [9.17, 15) is 0 Å². The maximum atomic E-state index is 4.11. The van der Waals surface area contributed by atoms with Gasteiger partial charge in [0.05, 0.1) is 0 Å². The molecule has 4 heteroatoms. The molecule has 1 unspecified atom stereocenters. The summed E-state index contributed by atoms with van der Waals surface area (Å²) >= 11 is 0. The number of halogens is 1. The van der Waals surface area contributed by atoms with Crippen molar-refractivity contribution >= 4 is 18.5 Å². The van der Waals surface area contributed by atoms with Crippen LogP contribution in [0.25, 0.3) is 6.08 Å². The zero-order valence-corrected chi connectivity index (χ0v) is 13.4. The van der Waals surface area contributed by atoms with Gasteiger partial charge in [0.25, 0.3) is 0 Å². The van der Waals surface area contributed by atoms with Crippen molar-refractivity contribution in [1.82, 2.24) is 15.2 Å². The molecule has 3 nitrogen and oxygen atoms in total. The number of pyridine rings is 1. The summed E-state index contributed by atoms with van der Waals surface area (Å²) in [7, 11) is 0. The lowest BCUT2D eigenvalue weighted by molar-refractivity contribution is 0.180. The molecule has 1 aliphatic rings. The highest BCUT2D eigenvalue weighted by atomic mass is 35.5. The van der Waals surface area contributed by atoms with Crippen molar-refractivity contribution in [3.8, 4) is 0 Å². The van der Waals surface area contributed by atoms with E-state index in [4.69, 9.17) is 0 Å². The summed E-state index contributed by atoms with van der Waals surface area (Å²) in [5.74, 6) is 0. The van der Waals surface area contributed by atoms with Gasteiger partial charge in [-0.2, -0.15) is 0 Å². The topological polar surface area (TPSA) is 28.2 Å². The highest BCUT2D eigenvalue weighted by Gasteiger charge is 2.22. The monoisotopic (exact) mass is 315 g/mol. The molecule has 2 heterocycles. The lowest BCUT2D eigenvalue weighted by Crippen LogP contribution is -2.45. The first-order valence-electron chi connectivity index (χ1n) is 7.50. The number of hydrogen-bond acceptors (Lipinski definition) is 3. The summed E-state index contributed by atoms with van der Waals surface area (Å²) in [6, 6.07) is 15.1. The molecule has 22 heavy (non-hydrogen) atoms. The van der Waals surface area contributed by atoms with Crippen LogP contribution in [0.5, 0.6) is 0 Å². The standard InChI is InChI=1S/C18H21N3.ClH/c1-2-5-16(6-3-1)7-4-13-21-14-12-20-15-18(21)17-8-10-19-11-9-17;/h1-11,18,20H,12-15H2;1H/b7-4+;. The average molecular weight is 316 g/mol. The first-order chi connectivity index (χ1) is 10.4. The van der Waals surface area contributed by atoms with Crippen molar-refractivity contribution in [3.63, 3.8) is 0 Å². The molecule has 116 valence electrons. The fourth-order valence-electron chi connectivity index (χ4n) is 2.77. The van der Waals surface area contributed by atoms with Crippen LogP contribution < -0.4 is 5.32 Å². The van der Waals surface area contributed by atoms with Crippen LogP contribution in [0.15, 0.2) is 60.9 Å². The largest absolute Gasteiger partial charge is 0.314 e. The van der Waals surface area contributed by atoms with Gasteiger partial charge in [-0.3, -0.25) is 9.88 Å². The predicted octanol–water partition coefficient (Wildman–Crippen LogP) is 3.16. The summed E-state index contributed by atoms with van der Waals surface area (Å²) in [5.41, 5.74) is 2.60. The number of benzene rings is 1. The Kier molecular flexibility index (Phi) is 6.59. The van der Waals surface area contributed by atoms with Crippen molar-refractivity contribution < 1.29 is 0 Å². The zero-order valence-electron chi connectivity index (χ0n) is 12.6. The third kappa shape index (κ3) is 4.41. The van der Waals surface area contributed by atoms with E-state index in [0.29, 0.717) is 6.04 Å². The van der Waals surface area contributed by atoms with Crippen molar-refractivity contribution in [3.05, 3.63) is 72.1 Å². The van der Waals surface area contributed by atoms with E-state index in [1.807, 2.05) is 18.5 Å². The van der Waals surface area contributed by atoms with Gasteiger partial charge >= 0.3 is 0 Å². The fraction of sp³-hybridized carbons (Fsp3) is 0.278. The normalized spacial score (nSPS) is 19.0. The molecule has 1 aliphatic heterocycles. The summed E-state index contributed by atoms with van der Waals surface area (Å²) in [6.45, 7) is 4.11. The van der Waals surface area contributed by atoms with Gasteiger partial charge in [0.15, 0.2) is 0 Å². The number of nitrogens with zero attached hydrogens (tertiary/aromatic N) is 2. The first-order valence-corrected chi connectivity index (χ1v) is 7.50. The van der Waals surface area contributed by atoms with Gasteiger partial charge in [-0.05, 0) is 23.3 Å². The molecule has 1 atom stereocenters. The lowest BCUT2D eigenvalue weighted by atomic mass is 10.0. The SMILES string of the molecule is C(=C\c1ccccc1)/CN1CCNCC1c1ccncc1.Cl. The Morgan fingerprint density at radius 1 is 1.14 bits per heavy atom. The van der Waals surface area contributed by atoms with E-state index < -0.39 is 0 Å². The second kappa shape index (κ2) is 8.69. The van der Waals surface area contributed by atoms with Crippen LogP contribution in [0.1, 0.15) is 17.2 Å². The maximum absolute atomic E-state index is 4.11. The molecule has 3 rings (SSSR count). The zero-order chi connectivity index (χ0) is 14.3. The minimum atomic E-state index is 0. The number of aromatic nitrogens is 1. The number of hydrogen-bond donors (Lipinski definition) is 1. The number of rotatable bonds is 4. The molecule has 0 amide bonds. The molecule has 1 aromatic heterocycles. The molecule has 1 saturated heterocycles. The van der Waals surface area contributed by atoms with E-state index in [1.54, 1.807) is 0 Å². The number of piperazine rings is 1. The molecular weight excluding hydrogens is 294 g/mol. The van der Waals surface area contributed by atoms with Gasteiger partial charge in [0.1, 0.15) is 0 Å². The lowest BCUT2D eigenvalue weighted by Gasteiger charge is -2.35. The van der Waals surface area contributed by atoms with E-state index in [1.165, 1.54) is 11.1 Å². The second-order valence-corrected chi connectivity index (χ2v) is 5.31. The maximum Gasteiger partial charge on any atom is 0.0477 e. The summed E-state index contributed by atoms with van der Waals surface area (Å²) in [4.78, 5) is 6.63. The van der Waals surface area contributed by atoms with Crippen LogP contribution in [0.2, 0.25) is 0 Å². The predicted molar refractivity (Wildman–Crippen MR) is 94.1 cm³/mol. The Bertz CT molecular complexity index is 571. The van der Waals surface area contributed by atoms with E-state index >= 15 is 0 Å². The smallest absolute Gasteiger partial charge is 0.0477 e. The Balaban J connectivity index is 0.00000176. The van der Waals surface area contributed by atoms with Crippen molar-refractivity contribution in [2.24, 2.45) is 0 Å². The Morgan fingerprint density at radius 2 is 1.91 bits per heavy atom. The quantitative estimate of drug-likeness (QED) is 0.939. The molecule has 0 saturated carbocycles. The molecule has 2 aromatic rings. The molecule has 1 fully saturated rings. The van der Waals surface area contributed by atoms with Crippen LogP contribution in [0, 0.1) is 0 Å². The Labute approximate surface area is 138 Å². The van der Waals surface area contributed by atoms with E-state index in [2.05, 4.69) is 63.8 Å². The summed E-state index contributed by atoms with van der Waals surface area (Å²) in [6.07, 6.45) is 8.21. The molecule has 0 bridgehead atoms. The fourth-order valence-corrected chi connectivity index (χ4v) is 2.77. The van der Waals surface area contributed by atoms with Crippen molar-refractivity contribution in [2.75, 3.05) is 26.2 Å². The van der Waals surface area contributed by atoms with Crippen LogP contribution in [0.4, 0.5) is 0 Å². The third-order valence-electron chi connectivity index (χ3n) is 3.89. The van der Waals surface area contributed by atoms with Gasteiger partial charge in [-0.15, -0.1) is 12.4 Å². The minimum Gasteiger partial charge on any atom is -0.314 e. The highest BCUT2D eigenvalue weighted by Crippen LogP contribution is 2.21. The first kappa shape index (κ1) is 16.7. The summed E-state index contributed by atoms with van der Waals surface area (Å²) < 4.78 is 0. The molecular formula is C18H22ClN3. The molecule has 0 radical (unpaired) electrons. The molecule has 0 aliphatic carbocycles. The van der Waals surface area contributed by atoms with Crippen LogP contribution in [-0.4, -0.2) is 36.1 Å². The Hall–Kier alpha value is -1.68. The highest BCUT2D eigenvalue weighted by molar-refractivity contribution is 5.85. The number of nitrogens with one attached hydrogen (secondary N) is 1.